The van der Waals surface area contributed by atoms with Gasteiger partial charge in [0.25, 0.3) is 0 Å². The molecule has 0 bridgehead atoms. The summed E-state index contributed by atoms with van der Waals surface area (Å²) in [5, 5.41) is 1.95. The van der Waals surface area contributed by atoms with Gasteiger partial charge in [0, 0.05) is 5.92 Å². The molecule has 3 rings (SSSR count). The molecule has 1 aliphatic rings. The molecule has 0 heterocycles. The number of benzene rings is 2. The van der Waals surface area contributed by atoms with Crippen LogP contribution in [0.5, 0.6) is 0 Å². The van der Waals surface area contributed by atoms with Gasteiger partial charge in [-0.1, -0.05) is 89.8 Å². The lowest BCUT2D eigenvalue weighted by Crippen LogP contribution is -2.39. The number of anilines is 2. The summed E-state index contributed by atoms with van der Waals surface area (Å²) < 4.78 is 0. The van der Waals surface area contributed by atoms with E-state index in [1.807, 2.05) is 5.01 Å². The third-order valence-corrected chi connectivity index (χ3v) is 6.11. The molecule has 2 aromatic rings. The maximum absolute atomic E-state index is 13.6. The third kappa shape index (κ3) is 5.70. The van der Waals surface area contributed by atoms with Crippen LogP contribution in [-0.2, 0) is 30.5 Å². The summed E-state index contributed by atoms with van der Waals surface area (Å²) >= 11 is 0. The highest BCUT2D eigenvalue weighted by Crippen LogP contribution is 2.37. The van der Waals surface area contributed by atoms with Gasteiger partial charge in [0.05, 0.1) is 11.4 Å². The first kappa shape index (κ1) is 23.4. The van der Waals surface area contributed by atoms with Gasteiger partial charge in [0.15, 0.2) is 0 Å². The van der Waals surface area contributed by atoms with Gasteiger partial charge in [-0.25, -0.2) is 5.01 Å². The second-order valence-electron chi connectivity index (χ2n) is 8.94. The number of carbonyl (C=O) groups is 1. The number of aryl methyl sites for hydroxylation is 4. The van der Waals surface area contributed by atoms with Crippen LogP contribution in [0.1, 0.15) is 88.5 Å². The van der Waals surface area contributed by atoms with E-state index in [-0.39, 0.29) is 11.8 Å². The minimum atomic E-state index is 0.157. The van der Waals surface area contributed by atoms with E-state index in [2.05, 4.69) is 69.5 Å². The monoisotopic (exact) mass is 420 g/mol. The molecule has 3 nitrogen and oxygen atoms in total. The third-order valence-electron chi connectivity index (χ3n) is 6.11. The lowest BCUT2D eigenvalue weighted by molar-refractivity contribution is -0.119. The van der Waals surface area contributed by atoms with E-state index >= 15 is 0 Å². The second kappa shape index (κ2) is 11.4. The van der Waals surface area contributed by atoms with Gasteiger partial charge in [0.2, 0.25) is 5.91 Å². The Morgan fingerprint density at radius 3 is 1.61 bits per heavy atom. The number of para-hydroxylation sites is 2. The van der Waals surface area contributed by atoms with Crippen molar-refractivity contribution in [3.8, 4) is 0 Å². The molecule has 168 valence electrons. The maximum Gasteiger partial charge on any atom is 0.248 e. The quantitative estimate of drug-likeness (QED) is 0.366. The molecular formula is C28H40N2O. The number of amides is 1. The van der Waals surface area contributed by atoms with E-state index in [9.17, 15) is 4.79 Å². The number of nitrogens with zero attached hydrogens (tertiary/aromatic N) is 1. The molecule has 0 aromatic heterocycles. The minimum Gasteiger partial charge on any atom is -0.291 e. The summed E-state index contributed by atoms with van der Waals surface area (Å²) in [5.41, 5.74) is 11.1. The van der Waals surface area contributed by atoms with E-state index in [4.69, 9.17) is 0 Å². The van der Waals surface area contributed by atoms with Crippen molar-refractivity contribution in [3.05, 3.63) is 58.7 Å². The molecule has 0 aliphatic heterocycles. The number of hydrogen-bond donors (Lipinski definition) is 1. The van der Waals surface area contributed by atoms with Gasteiger partial charge in [-0.15, -0.1) is 0 Å². The van der Waals surface area contributed by atoms with Crippen LogP contribution in [0.3, 0.4) is 0 Å². The lowest BCUT2D eigenvalue weighted by Gasteiger charge is -2.31. The van der Waals surface area contributed by atoms with E-state index < -0.39 is 0 Å². The highest BCUT2D eigenvalue weighted by molar-refractivity contribution is 6.00. The van der Waals surface area contributed by atoms with Gasteiger partial charge in [0.1, 0.15) is 0 Å². The number of hydrazine groups is 1. The summed E-state index contributed by atoms with van der Waals surface area (Å²) in [4.78, 5) is 13.6. The summed E-state index contributed by atoms with van der Waals surface area (Å²) in [6, 6.07) is 13.2. The summed E-state index contributed by atoms with van der Waals surface area (Å²) in [6.45, 7) is 8.87. The fraction of sp³-hybridized carbons (Fsp3) is 0.536. The zero-order valence-electron chi connectivity index (χ0n) is 20.0. The SMILES string of the molecule is CCCc1cccc(CCC)c1NN(C(=O)C1CC1)c1c(CCC)cccc1CCC. The maximum atomic E-state index is 13.6. The Balaban J connectivity index is 2.12. The van der Waals surface area contributed by atoms with Crippen molar-refractivity contribution in [2.75, 3.05) is 10.4 Å². The van der Waals surface area contributed by atoms with Gasteiger partial charge in [-0.3, -0.25) is 10.2 Å². The van der Waals surface area contributed by atoms with Crippen LogP contribution in [0, 0.1) is 5.92 Å². The summed E-state index contributed by atoms with van der Waals surface area (Å²) in [5.74, 6) is 0.388. The molecule has 0 radical (unpaired) electrons. The van der Waals surface area contributed by atoms with Gasteiger partial charge < -0.3 is 0 Å². The van der Waals surface area contributed by atoms with Crippen molar-refractivity contribution in [2.45, 2.75) is 91.9 Å². The lowest BCUT2D eigenvalue weighted by atomic mass is 9.98. The van der Waals surface area contributed by atoms with E-state index in [0.717, 1.165) is 75.6 Å². The standard InChI is InChI=1S/C28H40N2O/c1-5-11-21-15-9-16-22(12-6-2)26(21)29-30(28(31)25-19-20-25)27-23(13-7-3)17-10-18-24(27)14-8-4/h9-10,15-18,25,29H,5-8,11-14,19-20H2,1-4H3. The van der Waals surface area contributed by atoms with Crippen molar-refractivity contribution < 1.29 is 4.79 Å². The molecule has 0 atom stereocenters. The fourth-order valence-corrected chi connectivity index (χ4v) is 4.47. The molecule has 1 fully saturated rings. The molecule has 1 amide bonds. The number of carbonyl (C=O) groups excluding carboxylic acids is 1. The average molecular weight is 421 g/mol. The van der Waals surface area contributed by atoms with Crippen LogP contribution in [0.2, 0.25) is 0 Å². The van der Waals surface area contributed by atoms with Crippen LogP contribution in [-0.4, -0.2) is 5.91 Å². The Hall–Kier alpha value is -2.29. The molecule has 0 spiro atoms. The van der Waals surface area contributed by atoms with Crippen LogP contribution in [0.25, 0.3) is 0 Å². The first-order valence-electron chi connectivity index (χ1n) is 12.5. The topological polar surface area (TPSA) is 32.3 Å². The van der Waals surface area contributed by atoms with Gasteiger partial charge in [-0.2, -0.15) is 0 Å². The predicted molar refractivity (Wildman–Crippen MR) is 133 cm³/mol. The van der Waals surface area contributed by atoms with Crippen LogP contribution in [0.15, 0.2) is 36.4 Å². The first-order valence-corrected chi connectivity index (χ1v) is 12.5. The molecule has 1 aliphatic carbocycles. The zero-order valence-corrected chi connectivity index (χ0v) is 20.0. The fourth-order valence-electron chi connectivity index (χ4n) is 4.47. The average Bonchev–Trinajstić information content (AvgIpc) is 3.60. The normalized spacial score (nSPS) is 13.3. The molecule has 1 N–H and O–H groups in total. The van der Waals surface area contributed by atoms with Crippen molar-refractivity contribution in [1.82, 2.24) is 0 Å². The van der Waals surface area contributed by atoms with E-state index in [0.29, 0.717) is 0 Å². The van der Waals surface area contributed by atoms with Crippen LogP contribution >= 0.6 is 0 Å². The van der Waals surface area contributed by atoms with E-state index in [1.165, 1.54) is 22.3 Å². The van der Waals surface area contributed by atoms with Crippen LogP contribution in [0.4, 0.5) is 11.4 Å². The van der Waals surface area contributed by atoms with Crippen molar-refractivity contribution in [2.24, 2.45) is 5.92 Å². The molecule has 31 heavy (non-hydrogen) atoms. The number of hydrogen-bond acceptors (Lipinski definition) is 2. The molecular weight excluding hydrogens is 380 g/mol. The van der Waals surface area contributed by atoms with Gasteiger partial charge >= 0.3 is 0 Å². The molecule has 3 heteroatoms. The van der Waals surface area contributed by atoms with Crippen molar-refractivity contribution in [3.63, 3.8) is 0 Å². The molecule has 2 aromatic carbocycles. The Bertz CT molecular complexity index is 821. The first-order chi connectivity index (χ1) is 15.1. The number of nitrogens with one attached hydrogen (secondary N) is 1. The second-order valence-corrected chi connectivity index (χ2v) is 8.94. The predicted octanol–water partition coefficient (Wildman–Crippen LogP) is 7.27. The highest BCUT2D eigenvalue weighted by atomic mass is 16.2. The molecule has 1 saturated carbocycles. The molecule has 0 saturated heterocycles. The largest absolute Gasteiger partial charge is 0.291 e. The van der Waals surface area contributed by atoms with Crippen molar-refractivity contribution >= 4 is 17.3 Å². The Kier molecular flexibility index (Phi) is 8.57. The van der Waals surface area contributed by atoms with Gasteiger partial charge in [-0.05, 0) is 60.8 Å². The Morgan fingerprint density at radius 1 is 0.774 bits per heavy atom. The smallest absolute Gasteiger partial charge is 0.248 e. The summed E-state index contributed by atoms with van der Waals surface area (Å²) in [7, 11) is 0. The van der Waals surface area contributed by atoms with E-state index in [1.54, 1.807) is 0 Å². The minimum absolute atomic E-state index is 0.157. The molecule has 0 unspecified atom stereocenters. The Morgan fingerprint density at radius 2 is 1.19 bits per heavy atom. The number of rotatable bonds is 12. The summed E-state index contributed by atoms with van der Waals surface area (Å²) in [6.07, 6.45) is 10.4. The zero-order chi connectivity index (χ0) is 22.2. The highest BCUT2D eigenvalue weighted by Gasteiger charge is 2.36. The van der Waals surface area contributed by atoms with Crippen molar-refractivity contribution in [1.29, 1.82) is 0 Å². The van der Waals surface area contributed by atoms with Crippen LogP contribution < -0.4 is 10.4 Å². The Labute approximate surface area is 189 Å².